The highest BCUT2D eigenvalue weighted by atomic mass is 19.4. The van der Waals surface area contributed by atoms with E-state index in [1.807, 2.05) is 0 Å². The first-order valence-corrected chi connectivity index (χ1v) is 10.1. The third-order valence-electron chi connectivity index (χ3n) is 4.88. The third-order valence-corrected chi connectivity index (χ3v) is 4.88. The quantitative estimate of drug-likeness (QED) is 0.287. The van der Waals surface area contributed by atoms with Crippen molar-refractivity contribution in [2.75, 3.05) is 18.5 Å². The number of halogens is 3. The van der Waals surface area contributed by atoms with Crippen LogP contribution in [0, 0.1) is 0 Å². The molecular weight excluding hydrogens is 455 g/mol. The van der Waals surface area contributed by atoms with E-state index >= 15 is 0 Å². The number of ether oxygens (including phenoxy) is 1. The van der Waals surface area contributed by atoms with Crippen molar-refractivity contribution in [3.63, 3.8) is 0 Å². The molecule has 0 amide bonds. The van der Waals surface area contributed by atoms with Crippen LogP contribution in [-0.2, 0) is 6.18 Å². The van der Waals surface area contributed by atoms with Crippen LogP contribution in [0.15, 0.2) is 60.8 Å². The van der Waals surface area contributed by atoms with Gasteiger partial charge in [-0.15, -0.1) is 0 Å². The minimum Gasteiger partial charge on any atom is -0.469 e. The average molecular weight is 475 g/mol. The smallest absolute Gasteiger partial charge is 0.417 e. The summed E-state index contributed by atoms with van der Waals surface area (Å²) in [6, 6.07) is 12.7. The minimum absolute atomic E-state index is 0.0550. The van der Waals surface area contributed by atoms with Gasteiger partial charge in [0, 0.05) is 11.6 Å². The second kappa shape index (κ2) is 9.63. The lowest BCUT2D eigenvalue weighted by molar-refractivity contribution is -0.137. The van der Waals surface area contributed by atoms with E-state index in [1.165, 1.54) is 47.1 Å². The summed E-state index contributed by atoms with van der Waals surface area (Å²) in [5.41, 5.74) is -0.388. The molecule has 0 spiro atoms. The molecule has 4 aromatic rings. The van der Waals surface area contributed by atoms with Crippen molar-refractivity contribution in [3.05, 3.63) is 72.1 Å². The Hall–Kier alpha value is -3.74. The number of hydrogen-bond donors (Lipinski definition) is 4. The largest absolute Gasteiger partial charge is 0.469 e. The van der Waals surface area contributed by atoms with Crippen molar-refractivity contribution < 1.29 is 33.2 Å². The maximum Gasteiger partial charge on any atom is 0.417 e. The van der Waals surface area contributed by atoms with Crippen LogP contribution >= 0.6 is 0 Å². The van der Waals surface area contributed by atoms with Crippen molar-refractivity contribution >= 4 is 11.5 Å². The first kappa shape index (κ1) is 23.4. The van der Waals surface area contributed by atoms with Crippen molar-refractivity contribution in [2.24, 2.45) is 0 Å². The number of nitrogens with zero attached hydrogens (tertiary/aromatic N) is 4. The first-order valence-electron chi connectivity index (χ1n) is 10.1. The highest BCUT2D eigenvalue weighted by molar-refractivity contribution is 5.65. The van der Waals surface area contributed by atoms with Crippen LogP contribution in [0.2, 0.25) is 0 Å². The van der Waals surface area contributed by atoms with Gasteiger partial charge in [-0.1, -0.05) is 24.3 Å². The maximum atomic E-state index is 13.5. The fourth-order valence-corrected chi connectivity index (χ4v) is 3.25. The van der Waals surface area contributed by atoms with E-state index in [-0.39, 0.29) is 28.6 Å². The van der Waals surface area contributed by atoms with Crippen molar-refractivity contribution in [1.82, 2.24) is 19.6 Å². The average Bonchev–Trinajstić information content (AvgIpc) is 3.25. The Morgan fingerprint density at radius 1 is 1.00 bits per heavy atom. The third kappa shape index (κ3) is 4.93. The number of fused-ring (bicyclic) bond motifs is 1. The molecule has 34 heavy (non-hydrogen) atoms. The predicted octanol–water partition coefficient (Wildman–Crippen LogP) is 2.65. The van der Waals surface area contributed by atoms with Crippen LogP contribution in [0.3, 0.4) is 0 Å². The minimum atomic E-state index is -4.56. The molecule has 0 radical (unpaired) electrons. The molecule has 12 heteroatoms. The molecule has 9 nitrogen and oxygen atoms in total. The van der Waals surface area contributed by atoms with Gasteiger partial charge in [-0.2, -0.15) is 23.3 Å². The molecule has 4 rings (SSSR count). The lowest BCUT2D eigenvalue weighted by Gasteiger charge is -2.16. The van der Waals surface area contributed by atoms with Crippen LogP contribution in [0.4, 0.5) is 19.0 Å². The van der Waals surface area contributed by atoms with Gasteiger partial charge in [-0.3, -0.25) is 0 Å². The fourth-order valence-electron chi connectivity index (χ4n) is 3.25. The second-order valence-corrected chi connectivity index (χ2v) is 7.23. The summed E-state index contributed by atoms with van der Waals surface area (Å²) < 4.78 is 46.9. The van der Waals surface area contributed by atoms with E-state index in [4.69, 9.17) is 14.9 Å². The van der Waals surface area contributed by atoms with Gasteiger partial charge < -0.3 is 25.4 Å². The Balaban J connectivity index is 1.63. The number of imidazole rings is 1. The molecule has 1 unspecified atom stereocenters. The Kier molecular flexibility index (Phi) is 6.63. The lowest BCUT2D eigenvalue weighted by atomic mass is 10.0. The van der Waals surface area contributed by atoms with Crippen LogP contribution in [0.25, 0.3) is 16.9 Å². The van der Waals surface area contributed by atoms with E-state index in [0.717, 1.165) is 6.07 Å². The van der Waals surface area contributed by atoms with Gasteiger partial charge in [0.1, 0.15) is 17.6 Å². The highest BCUT2D eigenvalue weighted by Crippen LogP contribution is 2.36. The number of benzene rings is 1. The SMILES string of the molecule is OCC(CO)Oc1cccc(NC(O)c2cnc3ccc(-c4ccccc4C(F)(F)F)nn23)n1. The monoisotopic (exact) mass is 475 g/mol. The number of rotatable bonds is 8. The van der Waals surface area contributed by atoms with Gasteiger partial charge in [-0.05, 0) is 24.3 Å². The number of pyridine rings is 1. The number of aromatic nitrogens is 4. The summed E-state index contributed by atoms with van der Waals surface area (Å²) in [5, 5.41) is 36.0. The fraction of sp³-hybridized carbons (Fsp3) is 0.227. The van der Waals surface area contributed by atoms with E-state index in [2.05, 4.69) is 20.4 Å². The second-order valence-electron chi connectivity index (χ2n) is 7.23. The van der Waals surface area contributed by atoms with Crippen molar-refractivity contribution in [1.29, 1.82) is 0 Å². The summed E-state index contributed by atoms with van der Waals surface area (Å²) in [6.07, 6.45) is -5.44. The number of hydrogen-bond acceptors (Lipinski definition) is 8. The molecular formula is C22H20F3N5O4. The lowest BCUT2D eigenvalue weighted by Crippen LogP contribution is -2.25. The highest BCUT2D eigenvalue weighted by Gasteiger charge is 2.33. The number of aliphatic hydroxyl groups is 3. The molecule has 3 aromatic heterocycles. The standard InChI is InChI=1S/C22H20F3N5O4/c23-22(24,25)15-5-2-1-4-14(15)16-8-9-19-26-10-17(30(19)29-16)21(33)28-18-6-3-7-20(27-18)34-13(11-31)12-32/h1-10,13,21,31-33H,11-12H2,(H,27,28). The summed E-state index contributed by atoms with van der Waals surface area (Å²) in [7, 11) is 0. The normalized spacial score (nSPS) is 12.8. The van der Waals surface area contributed by atoms with Crippen LogP contribution in [-0.4, -0.2) is 54.2 Å². The Morgan fingerprint density at radius 3 is 2.50 bits per heavy atom. The molecule has 0 saturated heterocycles. The van der Waals surface area contributed by atoms with E-state index in [0.29, 0.717) is 5.65 Å². The zero-order valence-corrected chi connectivity index (χ0v) is 17.5. The zero-order valence-electron chi connectivity index (χ0n) is 17.5. The molecule has 1 atom stereocenters. The zero-order chi connectivity index (χ0) is 24.3. The number of nitrogens with one attached hydrogen (secondary N) is 1. The Labute approximate surface area is 191 Å². The van der Waals surface area contributed by atoms with Crippen molar-refractivity contribution in [2.45, 2.75) is 18.5 Å². The van der Waals surface area contributed by atoms with E-state index < -0.39 is 37.3 Å². The molecule has 178 valence electrons. The predicted molar refractivity (Wildman–Crippen MR) is 115 cm³/mol. The number of aliphatic hydroxyl groups excluding tert-OH is 3. The molecule has 4 N–H and O–H groups in total. The molecule has 0 bridgehead atoms. The molecule has 0 aliphatic carbocycles. The van der Waals surface area contributed by atoms with Gasteiger partial charge in [0.2, 0.25) is 5.88 Å². The van der Waals surface area contributed by atoms with Gasteiger partial charge in [0.05, 0.1) is 30.7 Å². The first-order chi connectivity index (χ1) is 16.3. The summed E-state index contributed by atoms with van der Waals surface area (Å²) in [5.74, 6) is 0.306. The molecule has 0 fully saturated rings. The van der Waals surface area contributed by atoms with Crippen molar-refractivity contribution in [3.8, 4) is 17.1 Å². The van der Waals surface area contributed by atoms with Gasteiger partial charge in [0.25, 0.3) is 0 Å². The summed E-state index contributed by atoms with van der Waals surface area (Å²) in [6.45, 7) is -0.822. The topological polar surface area (TPSA) is 125 Å². The van der Waals surface area contributed by atoms with Crippen LogP contribution < -0.4 is 10.1 Å². The van der Waals surface area contributed by atoms with Gasteiger partial charge in [0.15, 0.2) is 11.9 Å². The molecule has 1 aromatic carbocycles. The van der Waals surface area contributed by atoms with Gasteiger partial charge in [-0.25, -0.2) is 9.50 Å². The number of anilines is 1. The maximum absolute atomic E-state index is 13.5. The Morgan fingerprint density at radius 2 is 1.76 bits per heavy atom. The van der Waals surface area contributed by atoms with Crippen LogP contribution in [0.1, 0.15) is 17.5 Å². The summed E-state index contributed by atoms with van der Waals surface area (Å²) in [4.78, 5) is 8.30. The van der Waals surface area contributed by atoms with E-state index in [9.17, 15) is 18.3 Å². The van der Waals surface area contributed by atoms with E-state index in [1.54, 1.807) is 12.1 Å². The molecule has 0 aliphatic rings. The summed E-state index contributed by atoms with van der Waals surface area (Å²) >= 11 is 0. The number of alkyl halides is 3. The van der Waals surface area contributed by atoms with Gasteiger partial charge >= 0.3 is 6.18 Å². The Bertz CT molecular complexity index is 1280. The van der Waals surface area contributed by atoms with Crippen LogP contribution in [0.5, 0.6) is 5.88 Å². The molecule has 0 aliphatic heterocycles. The molecule has 0 saturated carbocycles. The molecule has 3 heterocycles.